The number of aliphatic hydroxyl groups excluding tert-OH is 1. The van der Waals surface area contributed by atoms with Crippen molar-refractivity contribution in [3.05, 3.63) is 170 Å². The van der Waals surface area contributed by atoms with Crippen molar-refractivity contribution in [2.75, 3.05) is 39.6 Å². The summed E-state index contributed by atoms with van der Waals surface area (Å²) >= 11 is 0. The van der Waals surface area contributed by atoms with Crippen LogP contribution in [0.4, 0.5) is 0 Å². The van der Waals surface area contributed by atoms with Gasteiger partial charge in [0.15, 0.2) is 12.2 Å². The van der Waals surface area contributed by atoms with E-state index in [2.05, 4.69) is 155 Å². The van der Waals surface area contributed by atoms with Crippen molar-refractivity contribution in [2.24, 2.45) is 0 Å². The normalized spacial score (nSPS) is 14.7. The average Bonchev–Trinajstić information content (AvgIpc) is 0.900. The number of phosphoric ester groups is 2. The number of esters is 4. The summed E-state index contributed by atoms with van der Waals surface area (Å²) in [4.78, 5) is 73.0. The molecule has 0 fully saturated rings. The molecule has 0 radical (unpaired) electrons. The van der Waals surface area contributed by atoms with Gasteiger partial charge in [-0.1, -0.05) is 301 Å². The zero-order valence-corrected chi connectivity index (χ0v) is 67.6. The molecule has 0 aliphatic rings. The Labute approximate surface area is 642 Å². The van der Waals surface area contributed by atoms with Gasteiger partial charge in [-0.05, 0) is 141 Å². The number of unbranched alkanes of at least 4 members (excludes halogenated alkanes) is 20. The first-order chi connectivity index (χ1) is 51.7. The highest BCUT2D eigenvalue weighted by molar-refractivity contribution is 7.47. The van der Waals surface area contributed by atoms with Gasteiger partial charge in [0.2, 0.25) is 0 Å². The Morgan fingerprint density at radius 2 is 0.519 bits per heavy atom. The SMILES string of the molecule is CC/C=C\C/C=C\C/C=C\C/C=C\C/C=C\C/C=C\CCC(=O)OC[C@H](COP(=O)(O)OC[C@@H](O)COP(=O)(O)OC[C@@H](COC(=O)CCC/C=C\C/C=C\C/C=C\C/C=C\CCCCC)OC(=O)CCC/C=C\C/C=C\C/C=C\C/C=C\CCCCC)OC(=O)CCCCCCCCCCCCCCC. The minimum atomic E-state index is -5.02. The highest BCUT2D eigenvalue weighted by Gasteiger charge is 2.30. The van der Waals surface area contributed by atoms with E-state index in [1.54, 1.807) is 0 Å². The molecule has 5 atom stereocenters. The Hall–Kier alpha value is -5.58. The minimum Gasteiger partial charge on any atom is -0.462 e. The Bertz CT molecular complexity index is 2680. The number of ether oxygens (including phenoxy) is 4. The fourth-order valence-electron chi connectivity index (χ4n) is 10.1. The summed E-state index contributed by atoms with van der Waals surface area (Å²) < 4.78 is 68.4. The molecular formula is C87H142O17P2. The average molecular weight is 1520 g/mol. The maximum Gasteiger partial charge on any atom is 0.472 e. The first-order valence-corrected chi connectivity index (χ1v) is 43.4. The molecule has 2 unspecified atom stereocenters. The number of hydrogen-bond donors (Lipinski definition) is 3. The Balaban J connectivity index is 5.53. The topological polar surface area (TPSA) is 237 Å². The summed E-state index contributed by atoms with van der Waals surface area (Å²) in [6.07, 6.45) is 92.2. The van der Waals surface area contributed by atoms with Crippen molar-refractivity contribution in [2.45, 2.75) is 316 Å². The van der Waals surface area contributed by atoms with E-state index in [0.717, 1.165) is 109 Å². The van der Waals surface area contributed by atoms with Gasteiger partial charge in [0.1, 0.15) is 19.3 Å². The maximum atomic E-state index is 13.1. The van der Waals surface area contributed by atoms with E-state index in [-0.39, 0.29) is 25.7 Å². The second kappa shape index (κ2) is 77.6. The van der Waals surface area contributed by atoms with Gasteiger partial charge < -0.3 is 33.8 Å². The number of aliphatic hydroxyl groups is 1. The molecule has 17 nitrogen and oxygen atoms in total. The van der Waals surface area contributed by atoms with Crippen molar-refractivity contribution < 1.29 is 80.2 Å². The molecule has 602 valence electrons. The van der Waals surface area contributed by atoms with Crippen molar-refractivity contribution in [1.82, 2.24) is 0 Å². The number of carbonyl (C=O) groups excluding carboxylic acids is 4. The fraction of sp³-hybridized carbons (Fsp3) is 0.632. The van der Waals surface area contributed by atoms with Gasteiger partial charge in [0, 0.05) is 25.7 Å². The Morgan fingerprint density at radius 3 is 0.849 bits per heavy atom. The standard InChI is InChI=1S/C87H142O17P2/c1-5-9-13-17-21-25-29-33-36-39-40-43-45-49-52-56-60-64-68-72-85(90)97-77-82(103-86(91)73-69-65-61-57-53-47-32-28-24-20-16-12-8-4)79-101-105(93,94)99-75-81(88)76-100-106(95,96)102-80-83(104-87(92)74-70-66-62-58-54-50-46-42-38-35-31-27-23-19-15-11-7-3)78-98-84(89)71-67-63-59-55-51-48-44-41-37-34-30-26-22-18-14-10-6-2/h9,13,21-23,25-27,33-38,40,43-44,46,48-50,52,55,58-60,62,64,81-83,88H,5-8,10-12,14-20,24,28-32,39,41-42,45,47,51,53-54,56-57,61,63,65-80H2,1-4H3,(H,93,94)(H,95,96)/b13-9-,25-21-,26-22-,27-23-,36-33-,37-34-,38-35-,43-40-,48-44-,50-46-,52-49-,59-55-,62-58-,64-60-/t81-,82-,83-/m1/s1. The van der Waals surface area contributed by atoms with E-state index >= 15 is 0 Å². The van der Waals surface area contributed by atoms with E-state index < -0.39 is 97.5 Å². The molecule has 0 aromatic heterocycles. The van der Waals surface area contributed by atoms with Crippen LogP contribution in [0.3, 0.4) is 0 Å². The third-order valence-corrected chi connectivity index (χ3v) is 18.1. The maximum absolute atomic E-state index is 13.1. The first kappa shape index (κ1) is 100. The minimum absolute atomic E-state index is 0.000557. The summed E-state index contributed by atoms with van der Waals surface area (Å²) in [6.45, 7) is 4.48. The molecule has 0 heterocycles. The number of carbonyl (C=O) groups is 4. The van der Waals surface area contributed by atoms with Gasteiger partial charge in [-0.25, -0.2) is 9.13 Å². The summed E-state index contributed by atoms with van der Waals surface area (Å²) in [6, 6.07) is 0. The quantitative estimate of drug-likeness (QED) is 0.0169. The first-order valence-electron chi connectivity index (χ1n) is 40.4. The van der Waals surface area contributed by atoms with Crippen LogP contribution in [0.15, 0.2) is 170 Å². The van der Waals surface area contributed by atoms with Gasteiger partial charge in [0.25, 0.3) is 0 Å². The third-order valence-electron chi connectivity index (χ3n) is 16.2. The van der Waals surface area contributed by atoms with E-state index in [1.807, 2.05) is 42.5 Å². The van der Waals surface area contributed by atoms with Crippen LogP contribution in [0.2, 0.25) is 0 Å². The van der Waals surface area contributed by atoms with Crippen LogP contribution in [0.25, 0.3) is 0 Å². The predicted molar refractivity (Wildman–Crippen MR) is 436 cm³/mol. The van der Waals surface area contributed by atoms with E-state index in [9.17, 15) is 43.2 Å². The lowest BCUT2D eigenvalue weighted by atomic mass is 10.0. The van der Waals surface area contributed by atoms with Gasteiger partial charge in [-0.15, -0.1) is 0 Å². The highest BCUT2D eigenvalue weighted by Crippen LogP contribution is 2.45. The van der Waals surface area contributed by atoms with Crippen LogP contribution in [0.5, 0.6) is 0 Å². The van der Waals surface area contributed by atoms with E-state index in [4.69, 9.17) is 37.0 Å². The summed E-state index contributed by atoms with van der Waals surface area (Å²) in [5.74, 6) is -2.41. The van der Waals surface area contributed by atoms with Gasteiger partial charge in [0.05, 0.1) is 26.4 Å². The lowest BCUT2D eigenvalue weighted by Crippen LogP contribution is -2.30. The van der Waals surface area contributed by atoms with Gasteiger partial charge >= 0.3 is 39.5 Å². The largest absolute Gasteiger partial charge is 0.472 e. The van der Waals surface area contributed by atoms with Crippen molar-refractivity contribution >= 4 is 39.5 Å². The second-order valence-corrected chi connectivity index (χ2v) is 29.2. The smallest absolute Gasteiger partial charge is 0.462 e. The lowest BCUT2D eigenvalue weighted by Gasteiger charge is -2.21. The van der Waals surface area contributed by atoms with Crippen molar-refractivity contribution in [1.29, 1.82) is 0 Å². The Morgan fingerprint density at radius 1 is 0.274 bits per heavy atom. The molecule has 3 N–H and O–H groups in total. The molecule has 0 rings (SSSR count). The molecule has 0 aliphatic carbocycles. The van der Waals surface area contributed by atoms with Crippen molar-refractivity contribution in [3.8, 4) is 0 Å². The third kappa shape index (κ3) is 76.6. The molecule has 0 aromatic rings. The number of phosphoric acid groups is 2. The molecule has 0 aliphatic heterocycles. The molecule has 0 amide bonds. The van der Waals surface area contributed by atoms with Crippen LogP contribution >= 0.6 is 15.6 Å². The second-order valence-electron chi connectivity index (χ2n) is 26.3. The van der Waals surface area contributed by atoms with Crippen LogP contribution in [0.1, 0.15) is 297 Å². The molecular weight excluding hydrogens is 1380 g/mol. The zero-order chi connectivity index (χ0) is 77.4. The molecule has 0 bridgehead atoms. The molecule has 0 saturated heterocycles. The molecule has 19 heteroatoms. The summed E-state index contributed by atoms with van der Waals surface area (Å²) in [5.41, 5.74) is 0. The number of rotatable bonds is 74. The number of hydrogen-bond acceptors (Lipinski definition) is 15. The zero-order valence-electron chi connectivity index (χ0n) is 65.8. The molecule has 106 heavy (non-hydrogen) atoms. The van der Waals surface area contributed by atoms with Crippen molar-refractivity contribution in [3.63, 3.8) is 0 Å². The Kier molecular flexibility index (Phi) is 73.5. The monoisotopic (exact) mass is 1520 g/mol. The van der Waals surface area contributed by atoms with Crippen LogP contribution < -0.4 is 0 Å². The predicted octanol–water partition coefficient (Wildman–Crippen LogP) is 23.8. The summed E-state index contributed by atoms with van der Waals surface area (Å²) in [5, 5.41) is 10.6. The fourth-order valence-corrected chi connectivity index (χ4v) is 11.6. The van der Waals surface area contributed by atoms with Crippen LogP contribution in [-0.4, -0.2) is 96.7 Å². The molecule has 0 saturated carbocycles. The van der Waals surface area contributed by atoms with Crippen LogP contribution in [0, 0.1) is 0 Å². The lowest BCUT2D eigenvalue weighted by molar-refractivity contribution is -0.161. The van der Waals surface area contributed by atoms with E-state index in [0.29, 0.717) is 44.9 Å². The highest BCUT2D eigenvalue weighted by atomic mass is 31.2. The van der Waals surface area contributed by atoms with Crippen LogP contribution in [-0.2, 0) is 65.4 Å². The molecule has 0 spiro atoms. The molecule has 0 aromatic carbocycles. The van der Waals surface area contributed by atoms with Gasteiger partial charge in [-0.2, -0.15) is 0 Å². The van der Waals surface area contributed by atoms with Gasteiger partial charge in [-0.3, -0.25) is 37.3 Å². The van der Waals surface area contributed by atoms with E-state index in [1.165, 1.54) is 89.9 Å². The number of allylic oxidation sites excluding steroid dienone is 28. The summed E-state index contributed by atoms with van der Waals surface area (Å²) in [7, 11) is -10.0.